The van der Waals surface area contributed by atoms with Crippen LogP contribution < -0.4 is 10.6 Å². The molecular weight excluding hydrogens is 442 g/mol. The molecule has 2 aromatic carbocycles. The molecule has 6 nitrogen and oxygen atoms in total. The standard InChI is InChI=1S/C27H25N5OS/c1-19-15-16-23(32(19)21-12-6-3-7-13-21)26-25(22-14-8-9-17-28-22)30-27(34)31(26)18-24(33)29-20-10-4-2-5-11-20/h2-17,25-26H,18H2,1H3,(H,29,33)(H,30,34)/t25-,26-/m0/s1. The fraction of sp³-hybridized carbons (Fsp3) is 0.148. The molecule has 0 bridgehead atoms. The number of hydrogen-bond acceptors (Lipinski definition) is 3. The van der Waals surface area contributed by atoms with Gasteiger partial charge in [-0.2, -0.15) is 0 Å². The fourth-order valence-corrected chi connectivity index (χ4v) is 4.80. The van der Waals surface area contributed by atoms with Crippen LogP contribution in [0, 0.1) is 6.92 Å². The van der Waals surface area contributed by atoms with E-state index in [-0.39, 0.29) is 24.5 Å². The molecule has 0 saturated carbocycles. The minimum absolute atomic E-state index is 0.119. The molecule has 2 atom stereocenters. The van der Waals surface area contributed by atoms with Gasteiger partial charge >= 0.3 is 0 Å². The van der Waals surface area contributed by atoms with Gasteiger partial charge in [0.25, 0.3) is 0 Å². The highest BCUT2D eigenvalue weighted by atomic mass is 32.1. The highest BCUT2D eigenvalue weighted by Gasteiger charge is 2.42. The first-order chi connectivity index (χ1) is 16.6. The summed E-state index contributed by atoms with van der Waals surface area (Å²) in [5, 5.41) is 6.93. The van der Waals surface area contributed by atoms with Crippen LogP contribution in [-0.4, -0.2) is 32.0 Å². The fourth-order valence-electron chi connectivity index (χ4n) is 4.49. The summed E-state index contributed by atoms with van der Waals surface area (Å²) in [5.41, 5.74) is 4.84. The number of benzene rings is 2. The van der Waals surface area contributed by atoms with Gasteiger partial charge in [0.1, 0.15) is 6.54 Å². The summed E-state index contributed by atoms with van der Waals surface area (Å²) in [4.78, 5) is 19.6. The van der Waals surface area contributed by atoms with Crippen LogP contribution in [0.4, 0.5) is 5.69 Å². The third-order valence-corrected chi connectivity index (χ3v) is 6.35. The number of thiocarbonyl (C=S) groups is 1. The zero-order chi connectivity index (χ0) is 23.5. The van der Waals surface area contributed by atoms with Crippen LogP contribution in [0.1, 0.15) is 29.2 Å². The molecule has 1 aliphatic rings. The predicted molar refractivity (Wildman–Crippen MR) is 138 cm³/mol. The second kappa shape index (κ2) is 9.49. The average Bonchev–Trinajstić information content (AvgIpc) is 3.40. The second-order valence-corrected chi connectivity index (χ2v) is 8.63. The van der Waals surface area contributed by atoms with Gasteiger partial charge in [0.15, 0.2) is 5.11 Å². The van der Waals surface area contributed by atoms with Crippen LogP contribution in [0.15, 0.2) is 97.2 Å². The maximum atomic E-state index is 13.0. The van der Waals surface area contributed by atoms with E-state index < -0.39 is 0 Å². The van der Waals surface area contributed by atoms with Crippen molar-refractivity contribution < 1.29 is 4.79 Å². The summed E-state index contributed by atoms with van der Waals surface area (Å²) >= 11 is 5.74. The molecule has 1 saturated heterocycles. The molecule has 3 heterocycles. The van der Waals surface area contributed by atoms with Crippen molar-refractivity contribution in [2.45, 2.75) is 19.0 Å². The van der Waals surface area contributed by atoms with Crippen LogP contribution in [-0.2, 0) is 4.79 Å². The molecule has 1 fully saturated rings. The maximum absolute atomic E-state index is 13.0. The third-order valence-electron chi connectivity index (χ3n) is 5.99. The molecule has 0 spiro atoms. The third kappa shape index (κ3) is 4.30. The number of nitrogens with one attached hydrogen (secondary N) is 2. The van der Waals surface area contributed by atoms with Crippen LogP contribution in [0.3, 0.4) is 0 Å². The zero-order valence-electron chi connectivity index (χ0n) is 18.8. The summed E-state index contributed by atoms with van der Waals surface area (Å²) in [6.45, 7) is 2.20. The van der Waals surface area contributed by atoms with Crippen molar-refractivity contribution in [1.29, 1.82) is 0 Å². The van der Waals surface area contributed by atoms with Crippen molar-refractivity contribution >= 4 is 28.9 Å². The van der Waals surface area contributed by atoms with Crippen LogP contribution >= 0.6 is 12.2 Å². The first kappa shape index (κ1) is 21.9. The van der Waals surface area contributed by atoms with E-state index in [1.807, 2.05) is 71.6 Å². The largest absolute Gasteiger partial charge is 0.352 e. The molecule has 170 valence electrons. The number of aromatic nitrogens is 2. The molecule has 0 radical (unpaired) electrons. The Hall–Kier alpha value is -3.97. The van der Waals surface area contributed by atoms with Crippen molar-refractivity contribution in [3.05, 3.63) is 114 Å². The Labute approximate surface area is 204 Å². The number of anilines is 1. The van der Waals surface area contributed by atoms with Gasteiger partial charge in [-0.1, -0.05) is 42.5 Å². The zero-order valence-corrected chi connectivity index (χ0v) is 19.6. The van der Waals surface area contributed by atoms with Gasteiger partial charge in [-0.3, -0.25) is 9.78 Å². The average molecular weight is 468 g/mol. The van der Waals surface area contributed by atoms with E-state index in [2.05, 4.69) is 51.4 Å². The highest BCUT2D eigenvalue weighted by molar-refractivity contribution is 7.80. The summed E-state index contributed by atoms with van der Waals surface area (Å²) in [6, 6.07) is 29.3. The Morgan fingerprint density at radius 3 is 2.38 bits per heavy atom. The number of pyridine rings is 1. The lowest BCUT2D eigenvalue weighted by atomic mass is 10.0. The summed E-state index contributed by atoms with van der Waals surface area (Å²) in [6.07, 6.45) is 1.78. The van der Waals surface area contributed by atoms with E-state index in [9.17, 15) is 4.79 Å². The lowest BCUT2D eigenvalue weighted by Crippen LogP contribution is -2.37. The first-order valence-corrected chi connectivity index (χ1v) is 11.6. The molecule has 0 unspecified atom stereocenters. The molecule has 0 aliphatic carbocycles. The van der Waals surface area contributed by atoms with Crippen molar-refractivity contribution in [2.75, 3.05) is 11.9 Å². The Balaban J connectivity index is 1.54. The lowest BCUT2D eigenvalue weighted by molar-refractivity contribution is -0.116. The van der Waals surface area contributed by atoms with E-state index in [0.717, 1.165) is 28.5 Å². The Kier molecular flexibility index (Phi) is 6.10. The molecule has 2 N–H and O–H groups in total. The number of carbonyl (C=O) groups is 1. The minimum atomic E-state index is -0.224. The van der Waals surface area contributed by atoms with E-state index in [0.29, 0.717) is 5.11 Å². The number of para-hydroxylation sites is 2. The van der Waals surface area contributed by atoms with E-state index in [4.69, 9.17) is 12.2 Å². The normalized spacial score (nSPS) is 17.4. The Morgan fingerprint density at radius 2 is 1.68 bits per heavy atom. The van der Waals surface area contributed by atoms with Crippen LogP contribution in [0.2, 0.25) is 0 Å². The van der Waals surface area contributed by atoms with Crippen molar-refractivity contribution in [3.8, 4) is 5.69 Å². The Bertz CT molecular complexity index is 1290. The summed E-state index contributed by atoms with van der Waals surface area (Å²) in [5.74, 6) is -0.128. The van der Waals surface area contributed by atoms with E-state index >= 15 is 0 Å². The summed E-state index contributed by atoms with van der Waals surface area (Å²) < 4.78 is 2.22. The first-order valence-electron chi connectivity index (χ1n) is 11.2. The van der Waals surface area contributed by atoms with Crippen LogP contribution in [0.25, 0.3) is 5.69 Å². The predicted octanol–water partition coefficient (Wildman–Crippen LogP) is 4.79. The molecule has 4 aromatic rings. The number of carbonyl (C=O) groups excluding carboxylic acids is 1. The van der Waals surface area contributed by atoms with E-state index in [1.165, 1.54) is 0 Å². The van der Waals surface area contributed by atoms with Gasteiger partial charge in [0.2, 0.25) is 5.91 Å². The number of hydrogen-bond donors (Lipinski definition) is 2. The van der Waals surface area contributed by atoms with Crippen molar-refractivity contribution in [3.63, 3.8) is 0 Å². The Morgan fingerprint density at radius 1 is 0.971 bits per heavy atom. The quantitative estimate of drug-likeness (QED) is 0.399. The number of amides is 1. The maximum Gasteiger partial charge on any atom is 0.244 e. The van der Waals surface area contributed by atoms with Gasteiger partial charge in [-0.05, 0) is 67.7 Å². The van der Waals surface area contributed by atoms with Crippen molar-refractivity contribution in [2.24, 2.45) is 0 Å². The minimum Gasteiger partial charge on any atom is -0.352 e. The molecule has 7 heteroatoms. The van der Waals surface area contributed by atoms with Crippen molar-refractivity contribution in [1.82, 2.24) is 19.8 Å². The number of aryl methyl sites for hydroxylation is 1. The van der Waals surface area contributed by atoms with Gasteiger partial charge in [0.05, 0.1) is 17.8 Å². The van der Waals surface area contributed by atoms with Gasteiger partial charge in [-0.25, -0.2) is 0 Å². The second-order valence-electron chi connectivity index (χ2n) is 8.24. The topological polar surface area (TPSA) is 62.2 Å². The highest BCUT2D eigenvalue weighted by Crippen LogP contribution is 2.40. The van der Waals surface area contributed by atoms with Gasteiger partial charge in [-0.15, -0.1) is 0 Å². The molecular formula is C27H25N5OS. The van der Waals surface area contributed by atoms with Crippen LogP contribution in [0.5, 0.6) is 0 Å². The molecule has 34 heavy (non-hydrogen) atoms. The monoisotopic (exact) mass is 467 g/mol. The molecule has 2 aromatic heterocycles. The molecule has 5 rings (SSSR count). The molecule has 1 aliphatic heterocycles. The van der Waals surface area contributed by atoms with Gasteiger partial charge in [0, 0.05) is 29.0 Å². The van der Waals surface area contributed by atoms with Gasteiger partial charge < -0.3 is 20.1 Å². The lowest BCUT2D eigenvalue weighted by Gasteiger charge is -2.29. The molecule has 1 amide bonds. The SMILES string of the molecule is Cc1ccc([C@H]2[C@H](c3ccccn3)NC(=S)N2CC(=O)Nc2ccccc2)n1-c1ccccc1. The number of nitrogens with zero attached hydrogens (tertiary/aromatic N) is 3. The smallest absolute Gasteiger partial charge is 0.244 e. The summed E-state index contributed by atoms with van der Waals surface area (Å²) in [7, 11) is 0. The number of rotatable bonds is 6. The van der Waals surface area contributed by atoms with E-state index in [1.54, 1.807) is 6.20 Å².